The van der Waals surface area contributed by atoms with Crippen molar-refractivity contribution in [1.29, 1.82) is 0 Å². The Hall–Kier alpha value is -2.77. The van der Waals surface area contributed by atoms with Crippen LogP contribution in [0.5, 0.6) is 0 Å². The lowest BCUT2D eigenvalue weighted by atomic mass is 10.0. The largest absolute Gasteiger partial charge is 0.416 e. The maximum Gasteiger partial charge on any atom is 0.416 e. The van der Waals surface area contributed by atoms with Gasteiger partial charge in [0.1, 0.15) is 10.3 Å². The van der Waals surface area contributed by atoms with Gasteiger partial charge in [-0.2, -0.15) is 17.5 Å². The van der Waals surface area contributed by atoms with E-state index in [1.807, 2.05) is 0 Å². The standard InChI is InChI=1S/C19H17F3N4O4S2/c20-19(21,22)13-8-6-12(7-9-13)17-24-25-18(30-17)23-16(27)14-4-1-2-10-26(14)32(28,29)15-5-3-11-31-15/h3,5-9,11,14H,1-2,4,10H2,(H,23,25,27). The Labute approximate surface area is 185 Å². The average molecular weight is 486 g/mol. The summed E-state index contributed by atoms with van der Waals surface area (Å²) in [5.74, 6) is -0.701. The molecule has 0 bridgehead atoms. The molecule has 0 saturated carbocycles. The van der Waals surface area contributed by atoms with E-state index >= 15 is 0 Å². The van der Waals surface area contributed by atoms with E-state index in [1.165, 1.54) is 22.5 Å². The molecule has 0 aliphatic carbocycles. The van der Waals surface area contributed by atoms with Crippen LogP contribution in [0.1, 0.15) is 24.8 Å². The zero-order valence-electron chi connectivity index (χ0n) is 16.4. The second-order valence-corrected chi connectivity index (χ2v) is 10.1. The second-order valence-electron chi connectivity index (χ2n) is 7.04. The molecule has 1 saturated heterocycles. The number of carbonyl (C=O) groups is 1. The van der Waals surface area contributed by atoms with Gasteiger partial charge in [0.15, 0.2) is 0 Å². The smallest absolute Gasteiger partial charge is 0.403 e. The number of benzene rings is 1. The van der Waals surface area contributed by atoms with Gasteiger partial charge in [0.05, 0.1) is 5.56 Å². The van der Waals surface area contributed by atoms with E-state index in [2.05, 4.69) is 15.5 Å². The molecule has 1 aromatic carbocycles. The molecule has 3 aromatic rings. The van der Waals surface area contributed by atoms with E-state index in [9.17, 15) is 26.4 Å². The molecule has 8 nitrogen and oxygen atoms in total. The molecule has 1 fully saturated rings. The van der Waals surface area contributed by atoms with Crippen molar-refractivity contribution in [3.05, 3.63) is 47.3 Å². The Morgan fingerprint density at radius 3 is 2.56 bits per heavy atom. The van der Waals surface area contributed by atoms with Gasteiger partial charge in [-0.15, -0.1) is 16.4 Å². The van der Waals surface area contributed by atoms with Gasteiger partial charge in [0, 0.05) is 12.1 Å². The van der Waals surface area contributed by atoms with Crippen LogP contribution in [-0.2, 0) is 21.0 Å². The molecule has 13 heteroatoms. The van der Waals surface area contributed by atoms with E-state index in [0.29, 0.717) is 19.3 Å². The fourth-order valence-corrected chi connectivity index (χ4v) is 6.14. The van der Waals surface area contributed by atoms with Crippen molar-refractivity contribution in [3.63, 3.8) is 0 Å². The van der Waals surface area contributed by atoms with Crippen molar-refractivity contribution in [2.75, 3.05) is 11.9 Å². The first-order valence-corrected chi connectivity index (χ1v) is 11.9. The molecule has 2 aromatic heterocycles. The highest BCUT2D eigenvalue weighted by atomic mass is 32.2. The number of thiophene rings is 1. The highest BCUT2D eigenvalue weighted by Gasteiger charge is 2.38. The number of sulfonamides is 1. The highest BCUT2D eigenvalue weighted by molar-refractivity contribution is 7.91. The third-order valence-electron chi connectivity index (χ3n) is 4.93. The van der Waals surface area contributed by atoms with Gasteiger partial charge >= 0.3 is 12.2 Å². The van der Waals surface area contributed by atoms with Crippen LogP contribution in [0.25, 0.3) is 11.5 Å². The summed E-state index contributed by atoms with van der Waals surface area (Å²) in [7, 11) is -3.83. The Balaban J connectivity index is 1.49. The molecule has 1 amide bonds. The van der Waals surface area contributed by atoms with Crippen LogP contribution in [0.3, 0.4) is 0 Å². The first kappa shape index (κ1) is 22.4. The zero-order valence-corrected chi connectivity index (χ0v) is 18.0. The molecular weight excluding hydrogens is 469 g/mol. The molecule has 4 rings (SSSR count). The lowest BCUT2D eigenvalue weighted by molar-refractivity contribution is -0.137. The molecule has 1 aliphatic heterocycles. The van der Waals surface area contributed by atoms with E-state index in [1.54, 1.807) is 11.4 Å². The van der Waals surface area contributed by atoms with Gasteiger partial charge in [-0.25, -0.2) is 8.42 Å². The van der Waals surface area contributed by atoms with E-state index in [4.69, 9.17) is 4.42 Å². The molecule has 0 spiro atoms. The quantitative estimate of drug-likeness (QED) is 0.585. The van der Waals surface area contributed by atoms with Crippen LogP contribution in [0.15, 0.2) is 50.4 Å². The molecular formula is C19H17F3N4O4S2. The summed E-state index contributed by atoms with van der Waals surface area (Å²) >= 11 is 1.07. The fourth-order valence-electron chi connectivity index (χ4n) is 3.36. The Morgan fingerprint density at radius 1 is 1.16 bits per heavy atom. The van der Waals surface area contributed by atoms with Crippen LogP contribution in [0, 0.1) is 0 Å². The van der Waals surface area contributed by atoms with Gasteiger partial charge in [-0.1, -0.05) is 17.6 Å². The van der Waals surface area contributed by atoms with Crippen molar-refractivity contribution >= 4 is 33.3 Å². The average Bonchev–Trinajstić information content (AvgIpc) is 3.46. The van der Waals surface area contributed by atoms with Gasteiger partial charge in [0.25, 0.3) is 10.0 Å². The Morgan fingerprint density at radius 2 is 1.91 bits per heavy atom. The maximum atomic E-state index is 12.9. The molecule has 0 radical (unpaired) electrons. The summed E-state index contributed by atoms with van der Waals surface area (Å²) in [6.07, 6.45) is -2.83. The minimum atomic E-state index is -4.47. The molecule has 3 heterocycles. The van der Waals surface area contributed by atoms with Crippen LogP contribution in [-0.4, -0.2) is 41.4 Å². The molecule has 1 atom stereocenters. The van der Waals surface area contributed by atoms with Gasteiger partial charge < -0.3 is 4.42 Å². The first-order valence-electron chi connectivity index (χ1n) is 9.53. The third kappa shape index (κ3) is 4.54. The number of hydrogen-bond acceptors (Lipinski definition) is 7. The molecule has 1 unspecified atom stereocenters. The van der Waals surface area contributed by atoms with Crippen molar-refractivity contribution in [3.8, 4) is 11.5 Å². The van der Waals surface area contributed by atoms with Gasteiger partial charge in [-0.3, -0.25) is 10.1 Å². The summed E-state index contributed by atoms with van der Waals surface area (Å²) in [5, 5.41) is 11.5. The minimum Gasteiger partial charge on any atom is -0.403 e. The van der Waals surface area contributed by atoms with Crippen molar-refractivity contribution in [2.45, 2.75) is 35.7 Å². The highest BCUT2D eigenvalue weighted by Crippen LogP contribution is 2.31. The topological polar surface area (TPSA) is 105 Å². The van der Waals surface area contributed by atoms with E-state index in [0.717, 1.165) is 23.5 Å². The predicted octanol–water partition coefficient (Wildman–Crippen LogP) is 4.00. The number of nitrogens with one attached hydrogen (secondary N) is 1. The molecule has 1 N–H and O–H groups in total. The van der Waals surface area contributed by atoms with Crippen LogP contribution in [0.2, 0.25) is 0 Å². The predicted molar refractivity (Wildman–Crippen MR) is 109 cm³/mol. The summed E-state index contributed by atoms with van der Waals surface area (Å²) in [6, 6.07) is 6.01. The van der Waals surface area contributed by atoms with Crippen molar-refractivity contribution < 1.29 is 30.8 Å². The number of nitrogens with zero attached hydrogens (tertiary/aromatic N) is 3. The summed E-state index contributed by atoms with van der Waals surface area (Å²) in [5.41, 5.74) is -0.579. The summed E-state index contributed by atoms with van der Waals surface area (Å²) < 4.78 is 70.6. The van der Waals surface area contributed by atoms with Crippen LogP contribution < -0.4 is 5.32 Å². The number of anilines is 1. The molecule has 32 heavy (non-hydrogen) atoms. The third-order valence-corrected chi connectivity index (χ3v) is 8.21. The molecule has 170 valence electrons. The number of rotatable bonds is 5. The molecule has 1 aliphatic rings. The second kappa shape index (κ2) is 8.64. The number of alkyl halides is 3. The normalized spacial score (nSPS) is 17.9. The SMILES string of the molecule is O=C(Nc1nnc(-c2ccc(C(F)(F)F)cc2)o1)C1CCCCN1S(=O)(=O)c1cccs1. The summed E-state index contributed by atoms with van der Waals surface area (Å²) in [4.78, 5) is 12.8. The maximum absolute atomic E-state index is 12.9. The first-order chi connectivity index (χ1) is 15.2. The van der Waals surface area contributed by atoms with Crippen LogP contribution in [0.4, 0.5) is 19.2 Å². The fraction of sp³-hybridized carbons (Fsp3) is 0.316. The number of carbonyl (C=O) groups excluding carboxylic acids is 1. The minimum absolute atomic E-state index is 0.0827. The van der Waals surface area contributed by atoms with E-state index < -0.39 is 33.7 Å². The van der Waals surface area contributed by atoms with Crippen LogP contribution >= 0.6 is 11.3 Å². The van der Waals surface area contributed by atoms with Crippen molar-refractivity contribution in [1.82, 2.24) is 14.5 Å². The Bertz CT molecular complexity index is 1190. The number of piperidine rings is 1. The van der Waals surface area contributed by atoms with Gasteiger partial charge in [0.2, 0.25) is 11.8 Å². The lowest BCUT2D eigenvalue weighted by Gasteiger charge is -2.32. The number of amides is 1. The number of halogens is 3. The number of aromatic nitrogens is 2. The number of hydrogen-bond donors (Lipinski definition) is 1. The van der Waals surface area contributed by atoms with E-state index in [-0.39, 0.29) is 28.2 Å². The Kier molecular flexibility index (Phi) is 6.05. The van der Waals surface area contributed by atoms with Gasteiger partial charge in [-0.05, 0) is 48.6 Å². The monoisotopic (exact) mass is 486 g/mol. The lowest BCUT2D eigenvalue weighted by Crippen LogP contribution is -2.49. The summed E-state index contributed by atoms with van der Waals surface area (Å²) in [6.45, 7) is 0.207. The van der Waals surface area contributed by atoms with Crippen molar-refractivity contribution in [2.24, 2.45) is 0 Å². The zero-order chi connectivity index (χ0) is 22.9.